The molecule has 1 saturated heterocycles. The Kier molecular flexibility index (Phi) is 6.06. The summed E-state index contributed by atoms with van der Waals surface area (Å²) >= 11 is 2.52. The number of aromatic nitrogens is 1. The van der Waals surface area contributed by atoms with Crippen LogP contribution < -0.4 is 0 Å². The van der Waals surface area contributed by atoms with Gasteiger partial charge in [0.25, 0.3) is 0 Å². The zero-order valence-electron chi connectivity index (χ0n) is 12.8. The molecule has 0 spiro atoms. The lowest BCUT2D eigenvalue weighted by Crippen LogP contribution is -2.45. The van der Waals surface area contributed by atoms with E-state index in [2.05, 4.69) is 4.98 Å². The van der Waals surface area contributed by atoms with Gasteiger partial charge in [0.15, 0.2) is 5.12 Å². The van der Waals surface area contributed by atoms with Crippen LogP contribution >= 0.6 is 23.5 Å². The molecule has 1 N–H and O–H groups in total. The minimum atomic E-state index is -1.01. The summed E-state index contributed by atoms with van der Waals surface area (Å²) in [6.07, 6.45) is 3.25. The fraction of sp³-hybridized carbons (Fsp3) is 0.467. The number of carbonyl (C=O) groups excluding carboxylic acids is 2. The molecule has 1 amide bonds. The Labute approximate surface area is 143 Å². The summed E-state index contributed by atoms with van der Waals surface area (Å²) < 4.78 is 0. The van der Waals surface area contributed by atoms with Gasteiger partial charge in [-0.25, -0.2) is 4.79 Å². The number of amides is 1. The first-order valence-electron chi connectivity index (χ1n) is 7.11. The molecule has 0 bridgehead atoms. The first kappa shape index (κ1) is 17.8. The van der Waals surface area contributed by atoms with Crippen molar-refractivity contribution < 1.29 is 19.5 Å². The highest BCUT2D eigenvalue weighted by Crippen LogP contribution is 2.42. The van der Waals surface area contributed by atoms with Gasteiger partial charge in [0, 0.05) is 36.7 Å². The lowest BCUT2D eigenvalue weighted by atomic mass is 10.1. The zero-order chi connectivity index (χ0) is 17.0. The minimum Gasteiger partial charge on any atom is -0.480 e. The Morgan fingerprint density at radius 3 is 2.65 bits per heavy atom. The molecule has 0 radical (unpaired) electrons. The van der Waals surface area contributed by atoms with Gasteiger partial charge in [-0.05, 0) is 17.7 Å². The second-order valence-corrected chi connectivity index (χ2v) is 7.58. The minimum absolute atomic E-state index is 0.0547. The molecule has 6 nitrogen and oxygen atoms in total. The number of aliphatic carboxylic acids is 1. The summed E-state index contributed by atoms with van der Waals surface area (Å²) in [5.74, 6) is -0.966. The highest BCUT2D eigenvalue weighted by molar-refractivity contribution is 8.13. The van der Waals surface area contributed by atoms with Gasteiger partial charge >= 0.3 is 5.97 Å². The fourth-order valence-electron chi connectivity index (χ4n) is 2.32. The van der Waals surface area contributed by atoms with Gasteiger partial charge in [-0.1, -0.05) is 18.7 Å². The first-order chi connectivity index (χ1) is 10.9. The third kappa shape index (κ3) is 4.26. The normalized spacial score (nSPS) is 21.9. The van der Waals surface area contributed by atoms with Gasteiger partial charge in [-0.15, -0.1) is 11.8 Å². The molecule has 0 aromatic carbocycles. The molecule has 2 heterocycles. The van der Waals surface area contributed by atoms with E-state index in [1.807, 2.05) is 0 Å². The van der Waals surface area contributed by atoms with Crippen LogP contribution in [0.2, 0.25) is 0 Å². The predicted molar refractivity (Wildman–Crippen MR) is 90.0 cm³/mol. The Bertz CT molecular complexity index is 596. The molecule has 0 saturated carbocycles. The second-order valence-electron chi connectivity index (χ2n) is 5.27. The maximum Gasteiger partial charge on any atom is 0.327 e. The SMILES string of the molecule is CC(=O)SC[C@@H](C)C(=O)N1C(c2ccncc2)SC[C@H]1C(=O)O. The number of carbonyl (C=O) groups is 3. The van der Waals surface area contributed by atoms with Gasteiger partial charge in [0.05, 0.1) is 0 Å². The highest BCUT2D eigenvalue weighted by atomic mass is 32.2. The Morgan fingerprint density at radius 2 is 2.09 bits per heavy atom. The number of hydrogen-bond acceptors (Lipinski definition) is 6. The Balaban J connectivity index is 2.22. The maximum atomic E-state index is 12.8. The molecule has 1 aromatic rings. The summed E-state index contributed by atoms with van der Waals surface area (Å²) in [7, 11) is 0. The highest BCUT2D eigenvalue weighted by Gasteiger charge is 2.43. The van der Waals surface area contributed by atoms with Crippen molar-refractivity contribution in [2.24, 2.45) is 5.92 Å². The number of thioether (sulfide) groups is 2. The van der Waals surface area contributed by atoms with E-state index in [1.54, 1.807) is 31.5 Å². The zero-order valence-corrected chi connectivity index (χ0v) is 14.5. The molecule has 1 aliphatic heterocycles. The third-order valence-electron chi connectivity index (χ3n) is 3.49. The van der Waals surface area contributed by atoms with E-state index in [0.29, 0.717) is 11.5 Å². The Hall–Kier alpha value is -1.54. The molecule has 124 valence electrons. The lowest BCUT2D eigenvalue weighted by Gasteiger charge is -2.30. The molecule has 3 atom stereocenters. The summed E-state index contributed by atoms with van der Waals surface area (Å²) in [6, 6.07) is 2.73. The Morgan fingerprint density at radius 1 is 1.43 bits per heavy atom. The largest absolute Gasteiger partial charge is 0.480 e. The van der Waals surface area contributed by atoms with E-state index in [9.17, 15) is 19.5 Å². The standard InChI is InChI=1S/C15H18N2O4S2/c1-9(7-22-10(2)18)13(19)17-12(15(20)21)8-23-14(17)11-3-5-16-6-4-11/h3-6,9,12,14H,7-8H2,1-2H3,(H,20,21)/t9-,12+,14?/m1/s1. The maximum absolute atomic E-state index is 12.8. The third-order valence-corrected chi connectivity index (χ3v) is 5.89. The number of carboxylic acid groups (broad SMARTS) is 1. The van der Waals surface area contributed by atoms with E-state index < -0.39 is 17.9 Å². The molecular weight excluding hydrogens is 336 g/mol. The second kappa shape index (κ2) is 7.83. The van der Waals surface area contributed by atoms with Crippen molar-refractivity contribution in [3.8, 4) is 0 Å². The monoisotopic (exact) mass is 354 g/mol. The van der Waals surface area contributed by atoms with Crippen LogP contribution in [0.25, 0.3) is 0 Å². The van der Waals surface area contributed by atoms with Gasteiger partial charge in [0.1, 0.15) is 11.4 Å². The van der Waals surface area contributed by atoms with E-state index >= 15 is 0 Å². The average molecular weight is 354 g/mol. The molecule has 23 heavy (non-hydrogen) atoms. The number of rotatable bonds is 5. The molecule has 2 rings (SSSR count). The number of hydrogen-bond donors (Lipinski definition) is 1. The average Bonchev–Trinajstić information content (AvgIpc) is 2.97. The molecule has 0 aliphatic carbocycles. The quantitative estimate of drug-likeness (QED) is 0.865. The molecule has 1 aromatic heterocycles. The van der Waals surface area contributed by atoms with Crippen LogP contribution in [-0.4, -0.2) is 49.5 Å². The summed E-state index contributed by atoms with van der Waals surface area (Å²) in [6.45, 7) is 3.18. The van der Waals surface area contributed by atoms with Crippen molar-refractivity contribution in [1.82, 2.24) is 9.88 Å². The van der Waals surface area contributed by atoms with E-state index in [-0.39, 0.29) is 16.4 Å². The molecule has 1 unspecified atom stereocenters. The molecule has 1 aliphatic rings. The van der Waals surface area contributed by atoms with Gasteiger partial charge in [-0.3, -0.25) is 14.6 Å². The number of carboxylic acids is 1. The molecular formula is C15H18N2O4S2. The predicted octanol–water partition coefficient (Wildman–Crippen LogP) is 2.02. The summed E-state index contributed by atoms with van der Waals surface area (Å²) in [5.41, 5.74) is 0.855. The van der Waals surface area contributed by atoms with Gasteiger partial charge in [-0.2, -0.15) is 0 Å². The van der Waals surface area contributed by atoms with Crippen LogP contribution in [0.4, 0.5) is 0 Å². The van der Waals surface area contributed by atoms with Crippen LogP contribution in [0.3, 0.4) is 0 Å². The van der Waals surface area contributed by atoms with Crippen molar-refractivity contribution in [3.63, 3.8) is 0 Å². The lowest BCUT2D eigenvalue weighted by molar-refractivity contribution is -0.150. The van der Waals surface area contributed by atoms with Gasteiger partial charge < -0.3 is 10.0 Å². The van der Waals surface area contributed by atoms with E-state index in [0.717, 1.165) is 17.3 Å². The van der Waals surface area contributed by atoms with Gasteiger partial charge in [0.2, 0.25) is 5.91 Å². The van der Waals surface area contributed by atoms with Crippen LogP contribution in [0, 0.1) is 5.92 Å². The van der Waals surface area contributed by atoms with Crippen molar-refractivity contribution in [2.75, 3.05) is 11.5 Å². The van der Waals surface area contributed by atoms with Crippen molar-refractivity contribution in [3.05, 3.63) is 30.1 Å². The summed E-state index contributed by atoms with van der Waals surface area (Å²) in [4.78, 5) is 40.7. The fourth-order valence-corrected chi connectivity index (χ4v) is 4.37. The van der Waals surface area contributed by atoms with Crippen LogP contribution in [0.5, 0.6) is 0 Å². The van der Waals surface area contributed by atoms with E-state index in [1.165, 1.54) is 23.6 Å². The van der Waals surface area contributed by atoms with Crippen LogP contribution in [0.15, 0.2) is 24.5 Å². The van der Waals surface area contributed by atoms with Crippen LogP contribution in [0.1, 0.15) is 24.8 Å². The van der Waals surface area contributed by atoms with E-state index in [4.69, 9.17) is 0 Å². The summed E-state index contributed by atoms with van der Waals surface area (Å²) in [5, 5.41) is 9.03. The van der Waals surface area contributed by atoms with Crippen molar-refractivity contribution in [1.29, 1.82) is 0 Å². The topological polar surface area (TPSA) is 87.6 Å². The number of nitrogens with zero attached hydrogens (tertiary/aromatic N) is 2. The van der Waals surface area contributed by atoms with Crippen LogP contribution in [-0.2, 0) is 14.4 Å². The van der Waals surface area contributed by atoms with Crippen molar-refractivity contribution >= 4 is 40.5 Å². The molecule has 8 heteroatoms. The first-order valence-corrected chi connectivity index (χ1v) is 9.15. The molecule has 1 fully saturated rings. The smallest absolute Gasteiger partial charge is 0.327 e. The van der Waals surface area contributed by atoms with Crippen molar-refractivity contribution in [2.45, 2.75) is 25.3 Å². The number of pyridine rings is 1.